The monoisotopic (exact) mass is 254 g/mol. The maximum atomic E-state index is 13.5. The quantitative estimate of drug-likeness (QED) is 0.898. The van der Waals surface area contributed by atoms with Crippen molar-refractivity contribution < 1.29 is 23.8 Å². The molecule has 1 aromatic carbocycles. The van der Waals surface area contributed by atoms with Gasteiger partial charge in [0.2, 0.25) is 0 Å². The zero-order chi connectivity index (χ0) is 13.3. The van der Waals surface area contributed by atoms with Crippen molar-refractivity contribution in [3.05, 3.63) is 23.5 Å². The number of halogens is 1. The van der Waals surface area contributed by atoms with Gasteiger partial charge in [-0.15, -0.1) is 0 Å². The van der Waals surface area contributed by atoms with Crippen molar-refractivity contribution in [2.75, 3.05) is 13.2 Å². The van der Waals surface area contributed by atoms with Crippen LogP contribution in [0.4, 0.5) is 4.39 Å². The van der Waals surface area contributed by atoms with Crippen LogP contribution in [-0.2, 0) is 11.2 Å². The molecule has 1 heterocycles. The molecule has 0 atom stereocenters. The normalized spacial score (nSPS) is 14.4. The Labute approximate surface area is 104 Å². The molecule has 18 heavy (non-hydrogen) atoms. The number of fused-ring (bicyclic) bond motifs is 1. The maximum Gasteiger partial charge on any atom is 0.309 e. The Kier molecular flexibility index (Phi) is 3.15. The summed E-state index contributed by atoms with van der Waals surface area (Å²) in [5, 5.41) is 9.12. The molecule has 1 aromatic rings. The van der Waals surface area contributed by atoms with Gasteiger partial charge in [0.05, 0.1) is 5.41 Å². The number of aliphatic carboxylic acids is 1. The fraction of sp³-hybridized carbons (Fsp3) is 0.462. The van der Waals surface area contributed by atoms with E-state index in [4.69, 9.17) is 14.6 Å². The lowest BCUT2D eigenvalue weighted by atomic mass is 9.85. The first-order chi connectivity index (χ1) is 8.42. The Balaban J connectivity index is 2.37. The van der Waals surface area contributed by atoms with Gasteiger partial charge in [0, 0.05) is 0 Å². The third-order valence-corrected chi connectivity index (χ3v) is 2.93. The number of carbonyl (C=O) groups is 1. The summed E-state index contributed by atoms with van der Waals surface area (Å²) in [6.07, 6.45) is 0.258. The van der Waals surface area contributed by atoms with Gasteiger partial charge >= 0.3 is 5.97 Å². The number of carboxylic acids is 1. The van der Waals surface area contributed by atoms with Crippen LogP contribution in [0, 0.1) is 11.2 Å². The molecule has 0 spiro atoms. The average molecular weight is 254 g/mol. The fourth-order valence-corrected chi connectivity index (χ4v) is 1.85. The van der Waals surface area contributed by atoms with Crippen molar-refractivity contribution in [1.29, 1.82) is 0 Å². The molecule has 0 aromatic heterocycles. The highest BCUT2D eigenvalue weighted by Crippen LogP contribution is 2.39. The highest BCUT2D eigenvalue weighted by atomic mass is 19.1. The summed E-state index contributed by atoms with van der Waals surface area (Å²) >= 11 is 0. The first kappa shape index (κ1) is 12.7. The van der Waals surface area contributed by atoms with E-state index in [2.05, 4.69) is 0 Å². The lowest BCUT2D eigenvalue weighted by Crippen LogP contribution is -2.27. The smallest absolute Gasteiger partial charge is 0.309 e. The molecule has 0 radical (unpaired) electrons. The highest BCUT2D eigenvalue weighted by Gasteiger charge is 2.31. The van der Waals surface area contributed by atoms with Crippen LogP contribution in [0.5, 0.6) is 11.5 Å². The molecule has 0 aliphatic carbocycles. The molecule has 1 aliphatic rings. The minimum absolute atomic E-state index is 0.0833. The minimum Gasteiger partial charge on any atom is -0.486 e. The van der Waals surface area contributed by atoms with Crippen LogP contribution in [0.3, 0.4) is 0 Å². The number of carboxylic acid groups (broad SMARTS) is 1. The number of hydrogen-bond acceptors (Lipinski definition) is 3. The van der Waals surface area contributed by atoms with Crippen LogP contribution in [0.2, 0.25) is 0 Å². The van der Waals surface area contributed by atoms with Crippen LogP contribution in [0.25, 0.3) is 0 Å². The number of ether oxygens (including phenoxy) is 2. The van der Waals surface area contributed by atoms with Crippen LogP contribution >= 0.6 is 0 Å². The van der Waals surface area contributed by atoms with Crippen LogP contribution < -0.4 is 9.47 Å². The predicted molar refractivity (Wildman–Crippen MR) is 62.5 cm³/mol. The topological polar surface area (TPSA) is 55.8 Å². The van der Waals surface area contributed by atoms with Gasteiger partial charge < -0.3 is 14.6 Å². The number of hydrogen-bond donors (Lipinski definition) is 1. The zero-order valence-corrected chi connectivity index (χ0v) is 10.3. The van der Waals surface area contributed by atoms with Gasteiger partial charge in [-0.1, -0.05) is 6.07 Å². The van der Waals surface area contributed by atoms with Gasteiger partial charge in [0.25, 0.3) is 0 Å². The molecule has 0 saturated heterocycles. The average Bonchev–Trinajstić information content (AvgIpc) is 2.33. The lowest BCUT2D eigenvalue weighted by molar-refractivity contribution is -0.146. The van der Waals surface area contributed by atoms with E-state index in [1.165, 1.54) is 6.07 Å². The number of rotatable bonds is 3. The van der Waals surface area contributed by atoms with Gasteiger partial charge in [-0.25, -0.2) is 4.39 Å². The Bertz CT molecular complexity index is 482. The van der Waals surface area contributed by atoms with E-state index in [9.17, 15) is 9.18 Å². The molecular weight excluding hydrogens is 239 g/mol. The molecule has 0 fully saturated rings. The standard InChI is InChI=1S/C13H15FO4/c1-13(2,12(15)16)7-8-3-4-9(14)11-10(8)17-5-6-18-11/h3-4H,5-7H2,1-2H3,(H,15,16). The summed E-state index contributed by atoms with van der Waals surface area (Å²) in [7, 11) is 0. The van der Waals surface area contributed by atoms with Crippen molar-refractivity contribution in [3.63, 3.8) is 0 Å². The first-order valence-corrected chi connectivity index (χ1v) is 5.72. The van der Waals surface area contributed by atoms with E-state index < -0.39 is 17.2 Å². The predicted octanol–water partition coefficient (Wildman–Crippen LogP) is 2.25. The van der Waals surface area contributed by atoms with E-state index >= 15 is 0 Å². The van der Waals surface area contributed by atoms with Crippen molar-refractivity contribution in [3.8, 4) is 11.5 Å². The summed E-state index contributed by atoms with van der Waals surface area (Å²) in [5.74, 6) is -0.977. The molecule has 4 nitrogen and oxygen atoms in total. The Hall–Kier alpha value is -1.78. The first-order valence-electron chi connectivity index (χ1n) is 5.72. The molecule has 98 valence electrons. The molecule has 1 aliphatic heterocycles. The highest BCUT2D eigenvalue weighted by molar-refractivity contribution is 5.74. The van der Waals surface area contributed by atoms with Crippen LogP contribution in [0.15, 0.2) is 12.1 Å². The SMILES string of the molecule is CC(C)(Cc1ccc(F)c2c1OCCO2)C(=O)O. The number of benzene rings is 1. The van der Waals surface area contributed by atoms with Crippen LogP contribution in [-0.4, -0.2) is 24.3 Å². The summed E-state index contributed by atoms with van der Waals surface area (Å²) in [6.45, 7) is 3.89. The second kappa shape index (κ2) is 4.48. The van der Waals surface area contributed by atoms with Gasteiger partial charge in [-0.05, 0) is 31.9 Å². The Morgan fingerprint density at radius 2 is 1.94 bits per heavy atom. The molecule has 0 bridgehead atoms. The lowest BCUT2D eigenvalue weighted by Gasteiger charge is -2.25. The van der Waals surface area contributed by atoms with Crippen LogP contribution in [0.1, 0.15) is 19.4 Å². The second-order valence-corrected chi connectivity index (χ2v) is 4.93. The van der Waals surface area contributed by atoms with Crippen molar-refractivity contribution in [1.82, 2.24) is 0 Å². The summed E-state index contributed by atoms with van der Waals surface area (Å²) < 4.78 is 24.1. The Morgan fingerprint density at radius 3 is 2.56 bits per heavy atom. The minimum atomic E-state index is -0.938. The van der Waals surface area contributed by atoms with Crippen molar-refractivity contribution >= 4 is 5.97 Å². The molecular formula is C13H15FO4. The Morgan fingerprint density at radius 1 is 1.33 bits per heavy atom. The maximum absolute atomic E-state index is 13.5. The summed E-state index contributed by atoms with van der Waals surface area (Å²) in [4.78, 5) is 11.1. The summed E-state index contributed by atoms with van der Waals surface area (Å²) in [5.41, 5.74) is -0.287. The summed E-state index contributed by atoms with van der Waals surface area (Å²) in [6, 6.07) is 2.83. The second-order valence-electron chi connectivity index (χ2n) is 4.93. The van der Waals surface area contributed by atoms with E-state index in [-0.39, 0.29) is 12.2 Å². The zero-order valence-electron chi connectivity index (χ0n) is 10.3. The molecule has 0 unspecified atom stereocenters. The van der Waals surface area contributed by atoms with Gasteiger partial charge in [-0.2, -0.15) is 0 Å². The van der Waals surface area contributed by atoms with E-state index in [0.717, 1.165) is 0 Å². The molecule has 2 rings (SSSR count). The third kappa shape index (κ3) is 2.25. The van der Waals surface area contributed by atoms with E-state index in [1.54, 1.807) is 19.9 Å². The molecule has 0 amide bonds. The van der Waals surface area contributed by atoms with Crippen molar-refractivity contribution in [2.45, 2.75) is 20.3 Å². The molecule has 0 saturated carbocycles. The van der Waals surface area contributed by atoms with Gasteiger partial charge in [-0.3, -0.25) is 4.79 Å². The fourth-order valence-electron chi connectivity index (χ4n) is 1.85. The van der Waals surface area contributed by atoms with Crippen molar-refractivity contribution in [2.24, 2.45) is 5.41 Å². The van der Waals surface area contributed by atoms with Gasteiger partial charge in [0.15, 0.2) is 17.3 Å². The van der Waals surface area contributed by atoms with Gasteiger partial charge in [0.1, 0.15) is 13.2 Å². The van der Waals surface area contributed by atoms with E-state index in [0.29, 0.717) is 24.5 Å². The third-order valence-electron chi connectivity index (χ3n) is 2.93. The largest absolute Gasteiger partial charge is 0.486 e. The molecule has 5 heteroatoms. The molecule has 1 N–H and O–H groups in total. The van der Waals surface area contributed by atoms with E-state index in [1.807, 2.05) is 0 Å².